The van der Waals surface area contributed by atoms with E-state index in [4.69, 9.17) is 11.1 Å². The minimum atomic E-state index is -0.180. The fourth-order valence-corrected chi connectivity index (χ4v) is 1.76. The number of nitrogens with zero attached hydrogens (tertiary/aromatic N) is 1. The Morgan fingerprint density at radius 2 is 2.29 bits per heavy atom. The molecule has 1 aromatic heterocycles. The molecule has 0 aromatic carbocycles. The SMILES string of the molecule is CC/C=C(\CCC)c1ccc[nH]/c1=N\C(=N)N. The average Bonchev–Trinajstić information content (AvgIpc) is 2.29. The molecule has 4 N–H and O–H groups in total. The third-order valence-corrected chi connectivity index (χ3v) is 2.38. The highest BCUT2D eigenvalue weighted by molar-refractivity contribution is 5.76. The largest absolute Gasteiger partial charge is 0.368 e. The zero-order valence-electron chi connectivity index (χ0n) is 10.5. The summed E-state index contributed by atoms with van der Waals surface area (Å²) in [6, 6.07) is 3.95. The van der Waals surface area contributed by atoms with Crippen molar-refractivity contribution < 1.29 is 0 Å². The van der Waals surface area contributed by atoms with Crippen LogP contribution in [0.2, 0.25) is 0 Å². The molecule has 0 bridgehead atoms. The molecule has 0 aliphatic carbocycles. The second-order valence-corrected chi connectivity index (χ2v) is 3.82. The van der Waals surface area contributed by atoms with E-state index >= 15 is 0 Å². The van der Waals surface area contributed by atoms with Crippen LogP contribution in [0.1, 0.15) is 38.7 Å². The molecule has 1 rings (SSSR count). The van der Waals surface area contributed by atoms with E-state index < -0.39 is 0 Å². The quantitative estimate of drug-likeness (QED) is 0.541. The molecule has 0 spiro atoms. The first-order chi connectivity index (χ1) is 8.19. The van der Waals surface area contributed by atoms with Gasteiger partial charge in [-0.05, 0) is 30.5 Å². The smallest absolute Gasteiger partial charge is 0.214 e. The molecule has 1 heterocycles. The summed E-state index contributed by atoms with van der Waals surface area (Å²) in [5.41, 5.74) is 8.27. The van der Waals surface area contributed by atoms with Crippen molar-refractivity contribution in [2.24, 2.45) is 10.7 Å². The first-order valence-electron chi connectivity index (χ1n) is 5.94. The molecule has 0 saturated carbocycles. The zero-order valence-corrected chi connectivity index (χ0v) is 10.5. The maximum Gasteiger partial charge on any atom is 0.214 e. The zero-order chi connectivity index (χ0) is 12.7. The number of H-pyrrole nitrogens is 1. The molecule has 4 heteroatoms. The predicted octanol–water partition coefficient (Wildman–Crippen LogP) is 2.40. The number of pyridine rings is 1. The van der Waals surface area contributed by atoms with Crippen molar-refractivity contribution in [2.45, 2.75) is 33.1 Å². The molecule has 0 amide bonds. The molecule has 92 valence electrons. The highest BCUT2D eigenvalue weighted by Gasteiger charge is 2.03. The van der Waals surface area contributed by atoms with Crippen molar-refractivity contribution >= 4 is 11.5 Å². The molecule has 0 unspecified atom stereocenters. The van der Waals surface area contributed by atoms with Crippen molar-refractivity contribution in [2.75, 3.05) is 0 Å². The van der Waals surface area contributed by atoms with E-state index in [1.165, 1.54) is 5.57 Å². The highest BCUT2D eigenvalue weighted by atomic mass is 15.0. The number of hydrogen-bond donors (Lipinski definition) is 3. The van der Waals surface area contributed by atoms with Crippen LogP contribution in [-0.4, -0.2) is 10.9 Å². The number of nitrogens with one attached hydrogen (secondary N) is 2. The van der Waals surface area contributed by atoms with Gasteiger partial charge in [0.05, 0.1) is 0 Å². The predicted molar refractivity (Wildman–Crippen MR) is 71.4 cm³/mol. The van der Waals surface area contributed by atoms with Crippen molar-refractivity contribution in [1.29, 1.82) is 5.41 Å². The molecule has 0 saturated heterocycles. The lowest BCUT2D eigenvalue weighted by molar-refractivity contribution is 0.960. The lowest BCUT2D eigenvalue weighted by atomic mass is 10.0. The minimum Gasteiger partial charge on any atom is -0.368 e. The van der Waals surface area contributed by atoms with Gasteiger partial charge in [0.1, 0.15) is 5.49 Å². The van der Waals surface area contributed by atoms with E-state index in [0.717, 1.165) is 24.8 Å². The number of nitrogens with two attached hydrogens (primary N) is 1. The molecule has 4 nitrogen and oxygen atoms in total. The normalized spacial score (nSPS) is 12.8. The van der Waals surface area contributed by atoms with Gasteiger partial charge in [0.15, 0.2) is 0 Å². The monoisotopic (exact) mass is 232 g/mol. The maximum absolute atomic E-state index is 7.24. The van der Waals surface area contributed by atoms with Crippen LogP contribution in [0.15, 0.2) is 29.4 Å². The van der Waals surface area contributed by atoms with Gasteiger partial charge < -0.3 is 10.7 Å². The summed E-state index contributed by atoms with van der Waals surface area (Å²) in [5, 5.41) is 7.24. The molecule has 1 aromatic rings. The lowest BCUT2D eigenvalue weighted by Crippen LogP contribution is -2.19. The molecule has 0 atom stereocenters. The number of allylic oxidation sites excluding steroid dienone is 2. The van der Waals surface area contributed by atoms with Crippen molar-refractivity contribution in [3.63, 3.8) is 0 Å². The van der Waals surface area contributed by atoms with Gasteiger partial charge in [-0.25, -0.2) is 0 Å². The van der Waals surface area contributed by atoms with Crippen LogP contribution in [0.25, 0.3) is 5.57 Å². The summed E-state index contributed by atoms with van der Waals surface area (Å²) in [5.74, 6) is -0.180. The van der Waals surface area contributed by atoms with Crippen LogP contribution in [0, 0.1) is 5.41 Å². The Morgan fingerprint density at radius 1 is 1.53 bits per heavy atom. The van der Waals surface area contributed by atoms with E-state index in [0.29, 0.717) is 5.49 Å². The van der Waals surface area contributed by atoms with Crippen LogP contribution in [0.3, 0.4) is 0 Å². The summed E-state index contributed by atoms with van der Waals surface area (Å²) in [6.45, 7) is 4.27. The van der Waals surface area contributed by atoms with Crippen LogP contribution >= 0.6 is 0 Å². The fourth-order valence-electron chi connectivity index (χ4n) is 1.76. The second kappa shape index (κ2) is 6.68. The van der Waals surface area contributed by atoms with Crippen molar-refractivity contribution in [1.82, 2.24) is 4.98 Å². The Labute approximate surface area is 102 Å². The van der Waals surface area contributed by atoms with Gasteiger partial charge in [-0.15, -0.1) is 0 Å². The average molecular weight is 232 g/mol. The van der Waals surface area contributed by atoms with Gasteiger partial charge in [0.25, 0.3) is 0 Å². The third kappa shape index (κ3) is 3.90. The maximum atomic E-state index is 7.24. The molecule has 0 aliphatic rings. The Morgan fingerprint density at radius 3 is 2.88 bits per heavy atom. The summed E-state index contributed by atoms with van der Waals surface area (Å²) in [4.78, 5) is 7.05. The van der Waals surface area contributed by atoms with Gasteiger partial charge in [-0.2, -0.15) is 4.99 Å². The summed E-state index contributed by atoms with van der Waals surface area (Å²) < 4.78 is 0. The van der Waals surface area contributed by atoms with E-state index in [9.17, 15) is 0 Å². The molecule has 0 aliphatic heterocycles. The van der Waals surface area contributed by atoms with E-state index in [2.05, 4.69) is 29.9 Å². The Hall–Kier alpha value is -1.84. The number of guanidine groups is 1. The number of aromatic nitrogens is 1. The second-order valence-electron chi connectivity index (χ2n) is 3.82. The van der Waals surface area contributed by atoms with Crippen LogP contribution in [-0.2, 0) is 0 Å². The molecular formula is C13H20N4. The minimum absolute atomic E-state index is 0.180. The summed E-state index contributed by atoms with van der Waals surface area (Å²) in [6.07, 6.45) is 7.07. The summed E-state index contributed by atoms with van der Waals surface area (Å²) >= 11 is 0. The van der Waals surface area contributed by atoms with Crippen LogP contribution < -0.4 is 11.2 Å². The Bertz CT molecular complexity index is 468. The molecule has 0 fully saturated rings. The van der Waals surface area contributed by atoms with E-state index in [1.807, 2.05) is 12.1 Å². The van der Waals surface area contributed by atoms with Gasteiger partial charge in [0.2, 0.25) is 5.96 Å². The first kappa shape index (κ1) is 13.2. The standard InChI is InChI=1S/C13H20N4/c1-3-6-10(7-4-2)11-8-5-9-16-12(11)17-13(14)15/h5-6,8-9H,3-4,7H2,1-2H3,(H4,14,15,16,17)/b10-6+. The van der Waals surface area contributed by atoms with Crippen LogP contribution in [0.4, 0.5) is 0 Å². The molecule has 17 heavy (non-hydrogen) atoms. The summed E-state index contributed by atoms with van der Waals surface area (Å²) in [7, 11) is 0. The van der Waals surface area contributed by atoms with Gasteiger partial charge in [-0.3, -0.25) is 5.41 Å². The number of rotatable bonds is 4. The first-order valence-corrected chi connectivity index (χ1v) is 5.94. The van der Waals surface area contributed by atoms with Crippen molar-refractivity contribution in [3.8, 4) is 0 Å². The fraction of sp³-hybridized carbons (Fsp3) is 0.385. The molecule has 0 radical (unpaired) electrons. The highest BCUT2D eigenvalue weighted by Crippen LogP contribution is 2.16. The number of aromatic amines is 1. The lowest BCUT2D eigenvalue weighted by Gasteiger charge is -2.06. The number of hydrogen-bond acceptors (Lipinski definition) is 1. The Kier molecular flexibility index (Phi) is 5.20. The van der Waals surface area contributed by atoms with E-state index in [1.54, 1.807) is 6.20 Å². The topological polar surface area (TPSA) is 78.0 Å². The van der Waals surface area contributed by atoms with Gasteiger partial charge in [-0.1, -0.05) is 26.3 Å². The van der Waals surface area contributed by atoms with E-state index in [-0.39, 0.29) is 5.96 Å². The molecular weight excluding hydrogens is 212 g/mol. The van der Waals surface area contributed by atoms with Gasteiger partial charge in [0, 0.05) is 11.8 Å². The van der Waals surface area contributed by atoms with Crippen LogP contribution in [0.5, 0.6) is 0 Å². The third-order valence-electron chi connectivity index (χ3n) is 2.38. The van der Waals surface area contributed by atoms with Crippen molar-refractivity contribution in [3.05, 3.63) is 35.5 Å². The van der Waals surface area contributed by atoms with Gasteiger partial charge >= 0.3 is 0 Å². The Balaban J connectivity index is 3.28.